The molecule has 0 nitrogen and oxygen atoms in total. The summed E-state index contributed by atoms with van der Waals surface area (Å²) in [4.78, 5) is 0. The SMILES string of the molecule is Br.Fc1ccc(I)cc1. The molecule has 0 aliphatic rings. The highest BCUT2D eigenvalue weighted by Gasteiger charge is 1.84. The predicted molar refractivity (Wildman–Crippen MR) is 49.4 cm³/mol. The minimum Gasteiger partial charge on any atom is -0.207 e. The summed E-state index contributed by atoms with van der Waals surface area (Å²) in [5.74, 6) is -0.176. The van der Waals surface area contributed by atoms with Gasteiger partial charge in [0.25, 0.3) is 0 Å². The summed E-state index contributed by atoms with van der Waals surface area (Å²) < 4.78 is 13.1. The van der Waals surface area contributed by atoms with Gasteiger partial charge in [-0.15, -0.1) is 17.0 Å². The van der Waals surface area contributed by atoms with Crippen LogP contribution < -0.4 is 0 Å². The van der Waals surface area contributed by atoms with Crippen LogP contribution in [0, 0.1) is 9.39 Å². The highest BCUT2D eigenvalue weighted by Crippen LogP contribution is 2.03. The maximum Gasteiger partial charge on any atom is 0.123 e. The van der Waals surface area contributed by atoms with Gasteiger partial charge >= 0.3 is 0 Å². The van der Waals surface area contributed by atoms with E-state index in [1.54, 1.807) is 12.1 Å². The number of hydrogen-bond donors (Lipinski definition) is 0. The van der Waals surface area contributed by atoms with Crippen molar-refractivity contribution in [2.75, 3.05) is 0 Å². The van der Waals surface area contributed by atoms with Gasteiger partial charge in [-0.25, -0.2) is 4.39 Å². The highest BCUT2D eigenvalue weighted by molar-refractivity contribution is 14.1. The van der Waals surface area contributed by atoms with Crippen molar-refractivity contribution in [1.29, 1.82) is 0 Å². The molecule has 0 spiro atoms. The Labute approximate surface area is 77.4 Å². The van der Waals surface area contributed by atoms with E-state index in [1.165, 1.54) is 12.1 Å². The molecule has 1 rings (SSSR count). The summed E-state index contributed by atoms with van der Waals surface area (Å²) in [6.45, 7) is 0. The third kappa shape index (κ3) is 3.15. The Balaban J connectivity index is 0.000000640. The minimum atomic E-state index is -0.176. The first-order valence-corrected chi connectivity index (χ1v) is 3.28. The summed E-state index contributed by atoms with van der Waals surface area (Å²) in [7, 11) is 0. The van der Waals surface area contributed by atoms with Crippen molar-refractivity contribution >= 4 is 39.6 Å². The summed E-state index contributed by atoms with van der Waals surface area (Å²) in [5.41, 5.74) is 0. The van der Waals surface area contributed by atoms with Crippen LogP contribution in [-0.2, 0) is 0 Å². The molecule has 0 fully saturated rings. The van der Waals surface area contributed by atoms with Crippen LogP contribution in [0.2, 0.25) is 0 Å². The molecule has 1 aromatic carbocycles. The van der Waals surface area contributed by atoms with Crippen molar-refractivity contribution in [1.82, 2.24) is 0 Å². The quantitative estimate of drug-likeness (QED) is 0.646. The van der Waals surface area contributed by atoms with Gasteiger partial charge in [0.2, 0.25) is 0 Å². The first kappa shape index (κ1) is 9.36. The topological polar surface area (TPSA) is 0 Å². The lowest BCUT2D eigenvalue weighted by atomic mass is 10.4. The molecule has 3 heteroatoms. The second-order valence-electron chi connectivity index (χ2n) is 1.44. The molecule has 0 N–H and O–H groups in total. The fourth-order valence-electron chi connectivity index (χ4n) is 0.430. The predicted octanol–water partition coefficient (Wildman–Crippen LogP) is 3.01. The second-order valence-corrected chi connectivity index (χ2v) is 2.68. The highest BCUT2D eigenvalue weighted by atomic mass is 127. The molecule has 0 saturated heterocycles. The van der Waals surface area contributed by atoms with Gasteiger partial charge < -0.3 is 0 Å². The van der Waals surface area contributed by atoms with Gasteiger partial charge in [-0.3, -0.25) is 0 Å². The van der Waals surface area contributed by atoms with E-state index in [0.29, 0.717) is 0 Å². The van der Waals surface area contributed by atoms with Gasteiger partial charge in [-0.05, 0) is 46.9 Å². The Morgan fingerprint density at radius 2 is 1.56 bits per heavy atom. The van der Waals surface area contributed by atoms with Gasteiger partial charge in [-0.2, -0.15) is 0 Å². The van der Waals surface area contributed by atoms with Crippen molar-refractivity contribution in [3.05, 3.63) is 33.7 Å². The molecule has 0 aliphatic carbocycles. The normalized spacial score (nSPS) is 8.22. The lowest BCUT2D eigenvalue weighted by Crippen LogP contribution is -1.70. The molecule has 0 unspecified atom stereocenters. The Morgan fingerprint density at radius 3 is 1.89 bits per heavy atom. The maximum atomic E-state index is 12.1. The summed E-state index contributed by atoms with van der Waals surface area (Å²) in [6.07, 6.45) is 0. The van der Waals surface area contributed by atoms with Crippen LogP contribution in [0.5, 0.6) is 0 Å². The largest absolute Gasteiger partial charge is 0.207 e. The zero-order valence-corrected chi connectivity index (χ0v) is 8.34. The fraction of sp³-hybridized carbons (Fsp3) is 0. The minimum absolute atomic E-state index is 0. The molecule has 0 heterocycles. The average Bonchev–Trinajstić information content (AvgIpc) is 1.77. The van der Waals surface area contributed by atoms with E-state index in [0.717, 1.165) is 3.57 Å². The number of halogens is 3. The van der Waals surface area contributed by atoms with E-state index in [9.17, 15) is 4.39 Å². The molecule has 0 amide bonds. The standard InChI is InChI=1S/C6H4FI.BrH/c7-5-1-3-6(8)4-2-5;/h1-4H;1H. The molecular formula is C6H5BrFI. The zero-order valence-electron chi connectivity index (χ0n) is 4.47. The summed E-state index contributed by atoms with van der Waals surface area (Å²) in [6, 6.07) is 6.36. The van der Waals surface area contributed by atoms with Gasteiger partial charge in [0, 0.05) is 3.57 Å². The molecule has 0 bridgehead atoms. The molecule has 0 aliphatic heterocycles. The Bertz CT molecular complexity index is 152. The van der Waals surface area contributed by atoms with Gasteiger partial charge in [0.15, 0.2) is 0 Å². The van der Waals surface area contributed by atoms with E-state index in [4.69, 9.17) is 0 Å². The molecule has 0 atom stereocenters. The second kappa shape index (κ2) is 4.22. The van der Waals surface area contributed by atoms with E-state index in [-0.39, 0.29) is 22.8 Å². The molecular weight excluding hydrogens is 298 g/mol. The molecule has 50 valence electrons. The van der Waals surface area contributed by atoms with Crippen LogP contribution in [0.3, 0.4) is 0 Å². The smallest absolute Gasteiger partial charge is 0.123 e. The van der Waals surface area contributed by atoms with Crippen LogP contribution in [0.1, 0.15) is 0 Å². The maximum absolute atomic E-state index is 12.1. The van der Waals surface area contributed by atoms with Crippen molar-refractivity contribution in [2.45, 2.75) is 0 Å². The first-order chi connectivity index (χ1) is 3.79. The summed E-state index contributed by atoms with van der Waals surface area (Å²) in [5, 5.41) is 0. The molecule has 1 aromatic rings. The van der Waals surface area contributed by atoms with E-state index >= 15 is 0 Å². The molecule has 0 aromatic heterocycles. The fourth-order valence-corrected chi connectivity index (χ4v) is 0.789. The van der Waals surface area contributed by atoms with E-state index < -0.39 is 0 Å². The van der Waals surface area contributed by atoms with E-state index in [1.807, 2.05) is 0 Å². The van der Waals surface area contributed by atoms with Crippen LogP contribution in [0.4, 0.5) is 4.39 Å². The van der Waals surface area contributed by atoms with Gasteiger partial charge in [-0.1, -0.05) is 0 Å². The Morgan fingerprint density at radius 1 is 1.11 bits per heavy atom. The number of rotatable bonds is 0. The molecule has 0 radical (unpaired) electrons. The lowest BCUT2D eigenvalue weighted by Gasteiger charge is -1.85. The van der Waals surface area contributed by atoms with Crippen molar-refractivity contribution in [3.63, 3.8) is 0 Å². The lowest BCUT2D eigenvalue weighted by molar-refractivity contribution is 0.627. The van der Waals surface area contributed by atoms with Crippen molar-refractivity contribution in [2.24, 2.45) is 0 Å². The van der Waals surface area contributed by atoms with Gasteiger partial charge in [0.1, 0.15) is 5.82 Å². The molecule has 9 heavy (non-hydrogen) atoms. The Kier molecular flexibility index (Phi) is 4.39. The van der Waals surface area contributed by atoms with Crippen LogP contribution in [0.15, 0.2) is 24.3 Å². The van der Waals surface area contributed by atoms with Crippen LogP contribution >= 0.6 is 39.6 Å². The van der Waals surface area contributed by atoms with Crippen LogP contribution in [-0.4, -0.2) is 0 Å². The number of hydrogen-bond acceptors (Lipinski definition) is 0. The first-order valence-electron chi connectivity index (χ1n) is 2.20. The molecule has 0 saturated carbocycles. The van der Waals surface area contributed by atoms with Gasteiger partial charge in [0.05, 0.1) is 0 Å². The monoisotopic (exact) mass is 302 g/mol. The summed E-state index contributed by atoms with van der Waals surface area (Å²) >= 11 is 2.13. The van der Waals surface area contributed by atoms with Crippen LogP contribution in [0.25, 0.3) is 0 Å². The average molecular weight is 303 g/mol. The van der Waals surface area contributed by atoms with Crippen molar-refractivity contribution < 1.29 is 4.39 Å². The third-order valence-electron chi connectivity index (χ3n) is 0.804. The van der Waals surface area contributed by atoms with Crippen molar-refractivity contribution in [3.8, 4) is 0 Å². The Hall–Kier alpha value is 0.360. The number of benzene rings is 1. The van der Waals surface area contributed by atoms with E-state index in [2.05, 4.69) is 22.6 Å². The third-order valence-corrected chi connectivity index (χ3v) is 1.52. The zero-order chi connectivity index (χ0) is 5.98.